The molecule has 0 atom stereocenters. The number of thiophene rings is 1. The molecule has 2 aromatic heterocycles. The molecule has 13 rings (SSSR count). The van der Waals surface area contributed by atoms with Crippen LogP contribution < -0.4 is 0 Å². The molecule has 0 saturated carbocycles. The lowest BCUT2D eigenvalue weighted by molar-refractivity contribution is 0.660. The highest BCUT2D eigenvalue weighted by Gasteiger charge is 2.39. The Morgan fingerprint density at radius 1 is 0.355 bits per heavy atom. The highest BCUT2D eigenvalue weighted by Crippen LogP contribution is 2.55. The van der Waals surface area contributed by atoms with Gasteiger partial charge in [-0.1, -0.05) is 161 Å². The van der Waals surface area contributed by atoms with Crippen molar-refractivity contribution in [3.05, 3.63) is 210 Å². The molecule has 0 unspecified atom stereocenters. The molecule has 0 saturated heterocycles. The van der Waals surface area contributed by atoms with Crippen LogP contribution in [0, 0.1) is 0 Å². The van der Waals surface area contributed by atoms with E-state index >= 15 is 0 Å². The Kier molecular flexibility index (Phi) is 7.36. The average molecular weight is 810 g/mol. The van der Waals surface area contributed by atoms with E-state index in [0.29, 0.717) is 0 Å². The zero-order chi connectivity index (χ0) is 41.5. The van der Waals surface area contributed by atoms with E-state index in [4.69, 9.17) is 0 Å². The molecular formula is C60H43NS. The molecule has 2 aliphatic carbocycles. The molecule has 9 aromatic carbocycles. The van der Waals surface area contributed by atoms with Crippen LogP contribution in [0.4, 0.5) is 0 Å². The van der Waals surface area contributed by atoms with E-state index in [1.807, 2.05) is 11.3 Å². The molecule has 2 aliphatic rings. The predicted octanol–water partition coefficient (Wildman–Crippen LogP) is 16.8. The Morgan fingerprint density at radius 3 is 1.66 bits per heavy atom. The third-order valence-corrected chi connectivity index (χ3v) is 15.5. The molecule has 0 aliphatic heterocycles. The summed E-state index contributed by atoms with van der Waals surface area (Å²) < 4.78 is 5.23. The van der Waals surface area contributed by atoms with Crippen LogP contribution in [-0.2, 0) is 10.8 Å². The highest BCUT2D eigenvalue weighted by atomic mass is 32.1. The Morgan fingerprint density at radius 2 is 0.887 bits per heavy atom. The Hall–Kier alpha value is -7.00. The van der Waals surface area contributed by atoms with Crippen LogP contribution in [0.3, 0.4) is 0 Å². The lowest BCUT2D eigenvalue weighted by Gasteiger charge is -2.23. The molecule has 0 spiro atoms. The van der Waals surface area contributed by atoms with Crippen LogP contribution in [0.15, 0.2) is 188 Å². The first-order valence-corrected chi connectivity index (χ1v) is 22.6. The van der Waals surface area contributed by atoms with E-state index in [1.165, 1.54) is 126 Å². The van der Waals surface area contributed by atoms with E-state index < -0.39 is 0 Å². The van der Waals surface area contributed by atoms with Gasteiger partial charge in [-0.15, -0.1) is 11.3 Å². The molecule has 62 heavy (non-hydrogen) atoms. The number of rotatable bonds is 4. The molecule has 294 valence electrons. The van der Waals surface area contributed by atoms with Gasteiger partial charge in [0.2, 0.25) is 0 Å². The third kappa shape index (κ3) is 4.96. The van der Waals surface area contributed by atoms with Crippen molar-refractivity contribution < 1.29 is 0 Å². The van der Waals surface area contributed by atoms with Crippen LogP contribution in [0.2, 0.25) is 0 Å². The maximum atomic E-state index is 2.51. The molecule has 0 bridgehead atoms. The van der Waals surface area contributed by atoms with Crippen molar-refractivity contribution in [2.45, 2.75) is 38.5 Å². The number of hydrogen-bond donors (Lipinski definition) is 0. The summed E-state index contributed by atoms with van der Waals surface area (Å²) in [4.78, 5) is 0. The van der Waals surface area contributed by atoms with Gasteiger partial charge in [0.25, 0.3) is 0 Å². The molecule has 0 fully saturated rings. The van der Waals surface area contributed by atoms with Crippen molar-refractivity contribution in [1.29, 1.82) is 0 Å². The Balaban J connectivity index is 0.989. The second-order valence-corrected chi connectivity index (χ2v) is 19.6. The minimum Gasteiger partial charge on any atom is -0.309 e. The number of benzene rings is 9. The third-order valence-electron chi connectivity index (χ3n) is 14.4. The SMILES string of the molecule is CC1(C)c2ccccc2-c2ccc(-c3ccc4c(c3)c3cc(-c5ccc(-c6ccccc6)cc5)ccc3n4-c3ccc4c(c3)C(C)(C)c3c-4ccc4sc5ccccc5c34)cc21. The fourth-order valence-electron chi connectivity index (χ4n) is 11.3. The molecule has 2 heterocycles. The Bertz CT molecular complexity index is 3670. The van der Waals surface area contributed by atoms with Gasteiger partial charge in [0.15, 0.2) is 0 Å². The van der Waals surface area contributed by atoms with Gasteiger partial charge in [-0.2, -0.15) is 0 Å². The van der Waals surface area contributed by atoms with Crippen molar-refractivity contribution >= 4 is 53.3 Å². The average Bonchev–Trinajstić information content (AvgIpc) is 3.99. The summed E-state index contributed by atoms with van der Waals surface area (Å²) in [5, 5.41) is 5.30. The van der Waals surface area contributed by atoms with Crippen LogP contribution in [0.1, 0.15) is 49.9 Å². The standard InChI is InChI=1S/C60H43NS/c1-59(2)50-16-10-8-14-43(50)44-26-22-41(34-51(44)59)40-24-30-54-49(33-40)48-32-39(38-20-18-37(19-21-38)36-12-6-5-7-13-36)23-29-53(48)61(54)42-25-27-45-46-28-31-56-57(47-15-9-11-17-55(47)62-56)58(46)60(3,4)52(45)35-42/h5-35H,1-4H3. The van der Waals surface area contributed by atoms with Gasteiger partial charge in [-0.3, -0.25) is 0 Å². The van der Waals surface area contributed by atoms with E-state index in [1.54, 1.807) is 0 Å². The molecular weight excluding hydrogens is 767 g/mol. The van der Waals surface area contributed by atoms with Crippen molar-refractivity contribution in [2.24, 2.45) is 0 Å². The largest absolute Gasteiger partial charge is 0.309 e. The summed E-state index contributed by atoms with van der Waals surface area (Å²) in [5.41, 5.74) is 21.8. The highest BCUT2D eigenvalue weighted by molar-refractivity contribution is 7.25. The van der Waals surface area contributed by atoms with Gasteiger partial charge in [-0.25, -0.2) is 0 Å². The molecule has 11 aromatic rings. The van der Waals surface area contributed by atoms with E-state index in [2.05, 4.69) is 220 Å². The fourth-order valence-corrected chi connectivity index (χ4v) is 12.4. The van der Waals surface area contributed by atoms with Crippen molar-refractivity contribution in [3.63, 3.8) is 0 Å². The maximum absolute atomic E-state index is 2.51. The summed E-state index contributed by atoms with van der Waals surface area (Å²) in [6, 6.07) is 70.8. The summed E-state index contributed by atoms with van der Waals surface area (Å²) in [6.07, 6.45) is 0. The van der Waals surface area contributed by atoms with Crippen LogP contribution >= 0.6 is 11.3 Å². The van der Waals surface area contributed by atoms with Gasteiger partial charge in [0, 0.05) is 47.5 Å². The fraction of sp³-hybridized carbons (Fsp3) is 0.100. The van der Waals surface area contributed by atoms with Crippen LogP contribution in [0.5, 0.6) is 0 Å². The van der Waals surface area contributed by atoms with Crippen molar-refractivity contribution in [3.8, 4) is 61.3 Å². The first kappa shape index (κ1) is 35.7. The maximum Gasteiger partial charge on any atom is 0.0541 e. The zero-order valence-electron chi connectivity index (χ0n) is 35.3. The predicted molar refractivity (Wildman–Crippen MR) is 265 cm³/mol. The summed E-state index contributed by atoms with van der Waals surface area (Å²) in [6.45, 7) is 9.59. The molecule has 2 heteroatoms. The van der Waals surface area contributed by atoms with E-state index in [0.717, 1.165) is 0 Å². The van der Waals surface area contributed by atoms with Crippen molar-refractivity contribution in [1.82, 2.24) is 4.57 Å². The molecule has 1 nitrogen and oxygen atoms in total. The van der Waals surface area contributed by atoms with Gasteiger partial charge in [-0.05, 0) is 132 Å². The van der Waals surface area contributed by atoms with E-state index in [-0.39, 0.29) is 10.8 Å². The summed E-state index contributed by atoms with van der Waals surface area (Å²) >= 11 is 1.91. The number of aromatic nitrogens is 1. The summed E-state index contributed by atoms with van der Waals surface area (Å²) in [5.74, 6) is 0. The zero-order valence-corrected chi connectivity index (χ0v) is 36.1. The lowest BCUT2D eigenvalue weighted by atomic mass is 9.80. The molecule has 0 radical (unpaired) electrons. The van der Waals surface area contributed by atoms with Gasteiger partial charge in [0.1, 0.15) is 0 Å². The second-order valence-electron chi connectivity index (χ2n) is 18.5. The topological polar surface area (TPSA) is 4.93 Å². The van der Waals surface area contributed by atoms with Crippen LogP contribution in [-0.4, -0.2) is 4.57 Å². The number of hydrogen-bond acceptors (Lipinski definition) is 1. The smallest absolute Gasteiger partial charge is 0.0541 e. The van der Waals surface area contributed by atoms with Gasteiger partial charge >= 0.3 is 0 Å². The minimum atomic E-state index is -0.171. The number of fused-ring (bicyclic) bond motifs is 13. The normalized spacial score (nSPS) is 14.4. The van der Waals surface area contributed by atoms with Crippen molar-refractivity contribution in [2.75, 3.05) is 0 Å². The molecule has 0 N–H and O–H groups in total. The lowest BCUT2D eigenvalue weighted by Crippen LogP contribution is -2.15. The molecule has 0 amide bonds. The number of nitrogens with zero attached hydrogens (tertiary/aromatic N) is 1. The first-order chi connectivity index (χ1) is 30.2. The quantitative estimate of drug-likeness (QED) is 0.167. The van der Waals surface area contributed by atoms with Crippen LogP contribution in [0.25, 0.3) is 103 Å². The minimum absolute atomic E-state index is 0.0592. The van der Waals surface area contributed by atoms with Gasteiger partial charge in [0.05, 0.1) is 11.0 Å². The Labute approximate surface area is 366 Å². The second kappa shape index (κ2) is 12.8. The van der Waals surface area contributed by atoms with E-state index in [9.17, 15) is 0 Å². The first-order valence-electron chi connectivity index (χ1n) is 21.8. The van der Waals surface area contributed by atoms with Gasteiger partial charge < -0.3 is 4.57 Å². The monoisotopic (exact) mass is 809 g/mol. The summed E-state index contributed by atoms with van der Waals surface area (Å²) in [7, 11) is 0.